The summed E-state index contributed by atoms with van der Waals surface area (Å²) in [5.74, 6) is -0.766. The summed E-state index contributed by atoms with van der Waals surface area (Å²) >= 11 is 0. The van der Waals surface area contributed by atoms with Gasteiger partial charge >= 0.3 is 5.97 Å². The Hall–Kier alpha value is -2.18. The third-order valence-electron chi connectivity index (χ3n) is 4.30. The molecule has 0 aliphatic heterocycles. The second-order valence-corrected chi connectivity index (χ2v) is 8.10. The molecule has 2 aromatic carbocycles. The van der Waals surface area contributed by atoms with Gasteiger partial charge < -0.3 is 4.74 Å². The molecule has 0 aliphatic carbocycles. The normalized spacial score (nSPS) is 13.8. The van der Waals surface area contributed by atoms with E-state index in [0.717, 1.165) is 11.1 Å². The van der Waals surface area contributed by atoms with Crippen LogP contribution in [0.3, 0.4) is 0 Å². The zero-order chi connectivity index (χ0) is 19.2. The summed E-state index contributed by atoms with van der Waals surface area (Å²) in [6, 6.07) is 14.9. The summed E-state index contributed by atoms with van der Waals surface area (Å²) in [7, 11) is -3.81. The highest BCUT2D eigenvalue weighted by atomic mass is 32.2. The van der Waals surface area contributed by atoms with Crippen molar-refractivity contribution in [3.63, 3.8) is 0 Å². The molecule has 0 saturated heterocycles. The second kappa shape index (κ2) is 8.96. The first-order chi connectivity index (χ1) is 12.3. The molecule has 1 N–H and O–H groups in total. The molecule has 26 heavy (non-hydrogen) atoms. The standard InChI is InChI=1S/C20H25NO4S/c1-4-16(3)19(20(22)25-14-17-8-6-5-7-9-17)21-26(23,24)18-12-10-15(2)11-13-18/h5-13,16,19,21H,4,14H2,1-3H3/t16?,19-/m0/s1. The van der Waals surface area contributed by atoms with Gasteiger partial charge in [-0.25, -0.2) is 8.42 Å². The van der Waals surface area contributed by atoms with Gasteiger partial charge in [-0.2, -0.15) is 4.72 Å². The van der Waals surface area contributed by atoms with Crippen LogP contribution in [0.1, 0.15) is 31.4 Å². The maximum absolute atomic E-state index is 12.6. The van der Waals surface area contributed by atoms with Gasteiger partial charge in [0.05, 0.1) is 4.90 Å². The fourth-order valence-electron chi connectivity index (χ4n) is 2.40. The Balaban J connectivity index is 2.13. The molecule has 5 nitrogen and oxygen atoms in total. The van der Waals surface area contributed by atoms with Gasteiger partial charge in [0.1, 0.15) is 12.6 Å². The lowest BCUT2D eigenvalue weighted by molar-refractivity contribution is -0.148. The van der Waals surface area contributed by atoms with Gasteiger partial charge in [0, 0.05) is 0 Å². The number of benzene rings is 2. The highest BCUT2D eigenvalue weighted by molar-refractivity contribution is 7.89. The van der Waals surface area contributed by atoms with Crippen molar-refractivity contribution < 1.29 is 17.9 Å². The zero-order valence-corrected chi connectivity index (χ0v) is 16.1. The Labute approximate surface area is 155 Å². The zero-order valence-electron chi connectivity index (χ0n) is 15.3. The van der Waals surface area contributed by atoms with E-state index in [0.29, 0.717) is 6.42 Å². The summed E-state index contributed by atoms with van der Waals surface area (Å²) in [6.45, 7) is 5.72. The maximum atomic E-state index is 12.6. The van der Waals surface area contributed by atoms with Crippen LogP contribution in [0.15, 0.2) is 59.5 Å². The minimum atomic E-state index is -3.81. The number of carbonyl (C=O) groups is 1. The van der Waals surface area contributed by atoms with E-state index in [1.165, 1.54) is 12.1 Å². The van der Waals surface area contributed by atoms with Crippen molar-refractivity contribution in [3.05, 3.63) is 65.7 Å². The number of ether oxygens (including phenoxy) is 1. The predicted molar refractivity (Wildman–Crippen MR) is 101 cm³/mol. The van der Waals surface area contributed by atoms with E-state index in [-0.39, 0.29) is 17.4 Å². The smallest absolute Gasteiger partial charge is 0.324 e. The molecule has 0 aliphatic rings. The fourth-order valence-corrected chi connectivity index (χ4v) is 3.70. The van der Waals surface area contributed by atoms with Gasteiger partial charge in [0.2, 0.25) is 10.0 Å². The van der Waals surface area contributed by atoms with E-state index in [4.69, 9.17) is 4.74 Å². The highest BCUT2D eigenvalue weighted by Gasteiger charge is 2.31. The number of rotatable bonds is 8. The molecule has 6 heteroatoms. The van der Waals surface area contributed by atoms with Gasteiger partial charge in [-0.15, -0.1) is 0 Å². The van der Waals surface area contributed by atoms with Crippen molar-refractivity contribution in [1.29, 1.82) is 0 Å². The Morgan fingerprint density at radius 1 is 1.08 bits per heavy atom. The van der Waals surface area contributed by atoms with Gasteiger partial charge in [0.25, 0.3) is 0 Å². The molecule has 0 fully saturated rings. The predicted octanol–water partition coefficient (Wildman–Crippen LogP) is 3.43. The number of hydrogen-bond donors (Lipinski definition) is 1. The molecule has 140 valence electrons. The van der Waals surface area contributed by atoms with Gasteiger partial charge in [-0.3, -0.25) is 4.79 Å². The third kappa shape index (κ3) is 5.41. The third-order valence-corrected chi connectivity index (χ3v) is 5.76. The number of sulfonamides is 1. The first-order valence-corrected chi connectivity index (χ1v) is 10.1. The molecule has 0 radical (unpaired) electrons. The number of aryl methyl sites for hydroxylation is 1. The van der Waals surface area contributed by atoms with Crippen molar-refractivity contribution >= 4 is 16.0 Å². The molecule has 0 heterocycles. The molecular weight excluding hydrogens is 350 g/mol. The lowest BCUT2D eigenvalue weighted by atomic mass is 10.0. The summed E-state index contributed by atoms with van der Waals surface area (Å²) < 4.78 is 33.1. The second-order valence-electron chi connectivity index (χ2n) is 6.39. The van der Waals surface area contributed by atoms with Crippen LogP contribution in [0.2, 0.25) is 0 Å². The van der Waals surface area contributed by atoms with E-state index in [1.54, 1.807) is 12.1 Å². The highest BCUT2D eigenvalue weighted by Crippen LogP contribution is 2.16. The van der Waals surface area contributed by atoms with Crippen LogP contribution in [0.25, 0.3) is 0 Å². The number of esters is 1. The van der Waals surface area contributed by atoms with Crippen LogP contribution in [0, 0.1) is 12.8 Å². The molecule has 0 aromatic heterocycles. The van der Waals surface area contributed by atoms with Crippen LogP contribution >= 0.6 is 0 Å². The molecule has 1 unspecified atom stereocenters. The summed E-state index contributed by atoms with van der Waals surface area (Å²) in [4.78, 5) is 12.7. The van der Waals surface area contributed by atoms with E-state index in [1.807, 2.05) is 51.1 Å². The maximum Gasteiger partial charge on any atom is 0.324 e. The number of carbonyl (C=O) groups excluding carboxylic acids is 1. The van der Waals surface area contributed by atoms with Crippen LogP contribution in [-0.2, 0) is 26.2 Å². The Morgan fingerprint density at radius 3 is 2.27 bits per heavy atom. The lowest BCUT2D eigenvalue weighted by Gasteiger charge is -2.22. The van der Waals surface area contributed by atoms with Crippen molar-refractivity contribution in [2.45, 2.75) is 44.7 Å². The molecule has 0 amide bonds. The van der Waals surface area contributed by atoms with Crippen LogP contribution in [-0.4, -0.2) is 20.4 Å². The van der Waals surface area contributed by atoms with Crippen molar-refractivity contribution in [1.82, 2.24) is 4.72 Å². The first kappa shape index (κ1) is 20.1. The molecule has 0 spiro atoms. The largest absolute Gasteiger partial charge is 0.460 e. The summed E-state index contributed by atoms with van der Waals surface area (Å²) in [5, 5.41) is 0. The topological polar surface area (TPSA) is 72.5 Å². The van der Waals surface area contributed by atoms with E-state index >= 15 is 0 Å². The Morgan fingerprint density at radius 2 is 1.69 bits per heavy atom. The van der Waals surface area contributed by atoms with Crippen molar-refractivity contribution in [2.24, 2.45) is 5.92 Å². The van der Waals surface area contributed by atoms with E-state index in [2.05, 4.69) is 4.72 Å². The van der Waals surface area contributed by atoms with Crippen LogP contribution in [0.4, 0.5) is 0 Å². The summed E-state index contributed by atoms with van der Waals surface area (Å²) in [5.41, 5.74) is 1.81. The van der Waals surface area contributed by atoms with Gasteiger partial charge in [-0.05, 0) is 30.5 Å². The molecule has 0 bridgehead atoms. The number of hydrogen-bond acceptors (Lipinski definition) is 4. The van der Waals surface area contributed by atoms with Gasteiger partial charge in [-0.1, -0.05) is 68.3 Å². The summed E-state index contributed by atoms with van der Waals surface area (Å²) in [6.07, 6.45) is 0.640. The Bertz CT molecular complexity index is 817. The lowest BCUT2D eigenvalue weighted by Crippen LogP contribution is -2.45. The van der Waals surface area contributed by atoms with E-state index < -0.39 is 22.0 Å². The van der Waals surface area contributed by atoms with Crippen LogP contribution in [0.5, 0.6) is 0 Å². The minimum Gasteiger partial charge on any atom is -0.460 e. The van der Waals surface area contributed by atoms with Gasteiger partial charge in [0.15, 0.2) is 0 Å². The van der Waals surface area contributed by atoms with Crippen molar-refractivity contribution in [2.75, 3.05) is 0 Å². The monoisotopic (exact) mass is 375 g/mol. The number of nitrogens with one attached hydrogen (secondary N) is 1. The SMILES string of the molecule is CCC(C)[C@H](NS(=O)(=O)c1ccc(C)cc1)C(=O)OCc1ccccc1. The fraction of sp³-hybridized carbons (Fsp3) is 0.350. The quantitative estimate of drug-likeness (QED) is 0.718. The molecule has 2 rings (SSSR count). The van der Waals surface area contributed by atoms with Crippen LogP contribution < -0.4 is 4.72 Å². The molecule has 2 aromatic rings. The average molecular weight is 375 g/mol. The molecular formula is C20H25NO4S. The van der Waals surface area contributed by atoms with E-state index in [9.17, 15) is 13.2 Å². The average Bonchev–Trinajstić information content (AvgIpc) is 2.65. The van der Waals surface area contributed by atoms with Crippen molar-refractivity contribution in [3.8, 4) is 0 Å². The molecule has 2 atom stereocenters. The molecule has 0 saturated carbocycles. The minimum absolute atomic E-state index is 0.110. The Kier molecular flexibility index (Phi) is 6.94. The first-order valence-electron chi connectivity index (χ1n) is 8.63.